The third kappa shape index (κ3) is 32.7. The first-order chi connectivity index (χ1) is 21.8. The Morgan fingerprint density at radius 1 is 0.578 bits per heavy atom. The van der Waals surface area contributed by atoms with Crippen molar-refractivity contribution in [2.24, 2.45) is 5.73 Å². The summed E-state index contributed by atoms with van der Waals surface area (Å²) in [7, 11) is -4.36. The highest BCUT2D eigenvalue weighted by Gasteiger charge is 2.25. The number of nitrogens with two attached hydrogens (primary N) is 1. The van der Waals surface area contributed by atoms with Gasteiger partial charge < -0.3 is 20.1 Å². The highest BCUT2D eigenvalue weighted by molar-refractivity contribution is 7.47. The molecule has 0 saturated heterocycles. The highest BCUT2D eigenvalue weighted by Crippen LogP contribution is 2.43. The molecule has 10 heteroatoms. The van der Waals surface area contributed by atoms with E-state index in [1.807, 2.05) is 0 Å². The van der Waals surface area contributed by atoms with E-state index in [1.54, 1.807) is 0 Å². The molecule has 0 rings (SSSR count). The second-order valence-electron chi connectivity index (χ2n) is 12.5. The Balaban J connectivity index is 4.11. The van der Waals surface area contributed by atoms with Gasteiger partial charge in [0, 0.05) is 19.4 Å². The first kappa shape index (κ1) is 44.0. The van der Waals surface area contributed by atoms with Crippen molar-refractivity contribution in [2.75, 3.05) is 26.4 Å². The number of hydrogen-bond donors (Lipinski definition) is 2. The van der Waals surface area contributed by atoms with Crippen LogP contribution in [0.5, 0.6) is 0 Å². The second kappa shape index (κ2) is 32.9. The lowest BCUT2D eigenvalue weighted by atomic mass is 10.0. The van der Waals surface area contributed by atoms with Crippen molar-refractivity contribution in [3.05, 3.63) is 0 Å². The van der Waals surface area contributed by atoms with Gasteiger partial charge in [0.1, 0.15) is 6.61 Å². The normalized spacial score (nSPS) is 13.4. The summed E-state index contributed by atoms with van der Waals surface area (Å²) in [6.45, 7) is 3.69. The highest BCUT2D eigenvalue weighted by atomic mass is 31.2. The average molecular weight is 664 g/mol. The molecule has 3 N–H and O–H groups in total. The molecule has 45 heavy (non-hydrogen) atoms. The first-order valence-corrected chi connectivity index (χ1v) is 20.0. The first-order valence-electron chi connectivity index (χ1n) is 18.5. The molecule has 0 heterocycles. The number of ether oxygens (including phenoxy) is 2. The van der Waals surface area contributed by atoms with E-state index in [0.29, 0.717) is 6.42 Å². The van der Waals surface area contributed by atoms with Crippen LogP contribution in [0.1, 0.15) is 181 Å². The fraction of sp³-hybridized carbons (Fsp3) is 0.943. The number of unbranched alkanes of at least 4 members (excludes halogenated alkanes) is 22. The minimum absolute atomic E-state index is 0.0574. The Hall–Kier alpha value is -0.990. The number of rotatable bonds is 35. The van der Waals surface area contributed by atoms with E-state index in [4.69, 9.17) is 24.3 Å². The fourth-order valence-electron chi connectivity index (χ4n) is 5.22. The zero-order valence-electron chi connectivity index (χ0n) is 29.1. The van der Waals surface area contributed by atoms with Gasteiger partial charge >= 0.3 is 19.8 Å². The van der Waals surface area contributed by atoms with Crippen LogP contribution in [0, 0.1) is 0 Å². The molecule has 0 aromatic carbocycles. The Kier molecular flexibility index (Phi) is 32.2. The standard InChI is InChI=1S/C35H70NO8P/c1-3-5-7-9-11-12-13-14-15-16-17-18-19-20-22-24-26-28-35(38)44-33(32-43-45(39,40)42-30-29-36)31-41-34(37)27-25-23-21-10-8-6-4-2/h33H,3-32,36H2,1-2H3,(H,39,40)/t33-/m1/s1. The summed E-state index contributed by atoms with van der Waals surface area (Å²) in [5, 5.41) is 0. The fourth-order valence-corrected chi connectivity index (χ4v) is 5.99. The Bertz CT molecular complexity index is 724. The molecule has 0 aromatic rings. The largest absolute Gasteiger partial charge is 0.472 e. The van der Waals surface area contributed by atoms with Gasteiger partial charge in [-0.1, -0.05) is 155 Å². The van der Waals surface area contributed by atoms with Crippen molar-refractivity contribution in [2.45, 2.75) is 187 Å². The molecule has 1 unspecified atom stereocenters. The molecule has 0 aliphatic heterocycles. The average Bonchev–Trinajstić information content (AvgIpc) is 3.02. The van der Waals surface area contributed by atoms with Gasteiger partial charge in [0.25, 0.3) is 0 Å². The van der Waals surface area contributed by atoms with Gasteiger partial charge in [0.2, 0.25) is 0 Å². The maximum absolute atomic E-state index is 12.5. The summed E-state index contributed by atoms with van der Waals surface area (Å²) in [5.74, 6) is -0.826. The van der Waals surface area contributed by atoms with Crippen molar-refractivity contribution in [3.8, 4) is 0 Å². The lowest BCUT2D eigenvalue weighted by Gasteiger charge is -2.19. The molecular formula is C35H70NO8P. The third-order valence-electron chi connectivity index (χ3n) is 7.99. The topological polar surface area (TPSA) is 134 Å². The van der Waals surface area contributed by atoms with Gasteiger partial charge in [-0.25, -0.2) is 4.57 Å². The molecule has 0 spiro atoms. The molecule has 2 atom stereocenters. The maximum Gasteiger partial charge on any atom is 0.472 e. The van der Waals surface area contributed by atoms with E-state index >= 15 is 0 Å². The monoisotopic (exact) mass is 663 g/mol. The Morgan fingerprint density at radius 3 is 1.36 bits per heavy atom. The summed E-state index contributed by atoms with van der Waals surface area (Å²) >= 11 is 0. The van der Waals surface area contributed by atoms with Gasteiger partial charge in [0.15, 0.2) is 6.10 Å². The number of carbonyl (C=O) groups excluding carboxylic acids is 2. The van der Waals surface area contributed by atoms with Crippen molar-refractivity contribution in [1.82, 2.24) is 0 Å². The van der Waals surface area contributed by atoms with Crippen molar-refractivity contribution >= 4 is 19.8 Å². The summed E-state index contributed by atoms with van der Waals surface area (Å²) in [4.78, 5) is 34.5. The Labute approximate surface area is 276 Å². The molecule has 268 valence electrons. The molecule has 0 saturated carbocycles. The van der Waals surface area contributed by atoms with Crippen LogP contribution >= 0.6 is 7.82 Å². The number of carbonyl (C=O) groups is 2. The quantitative estimate of drug-likeness (QED) is 0.0386. The molecule has 0 aromatic heterocycles. The molecule has 0 radical (unpaired) electrons. The number of phosphoric ester groups is 1. The molecule has 0 aliphatic carbocycles. The van der Waals surface area contributed by atoms with Gasteiger partial charge in [0.05, 0.1) is 13.2 Å². The maximum atomic E-state index is 12.5. The van der Waals surface area contributed by atoms with E-state index in [-0.39, 0.29) is 38.6 Å². The molecular weight excluding hydrogens is 593 g/mol. The van der Waals surface area contributed by atoms with E-state index in [1.165, 1.54) is 116 Å². The van der Waals surface area contributed by atoms with Crippen LogP contribution in [-0.2, 0) is 32.7 Å². The lowest BCUT2D eigenvalue weighted by Crippen LogP contribution is -2.29. The van der Waals surface area contributed by atoms with E-state index in [9.17, 15) is 19.0 Å². The summed E-state index contributed by atoms with van der Waals surface area (Å²) in [6.07, 6.45) is 28.7. The number of phosphoric acid groups is 1. The van der Waals surface area contributed by atoms with Crippen molar-refractivity contribution in [3.63, 3.8) is 0 Å². The molecule has 0 fully saturated rings. The van der Waals surface area contributed by atoms with E-state index in [2.05, 4.69) is 13.8 Å². The van der Waals surface area contributed by atoms with Crippen molar-refractivity contribution in [1.29, 1.82) is 0 Å². The predicted octanol–water partition coefficient (Wildman–Crippen LogP) is 9.72. The third-order valence-corrected chi connectivity index (χ3v) is 8.98. The lowest BCUT2D eigenvalue weighted by molar-refractivity contribution is -0.161. The van der Waals surface area contributed by atoms with Crippen LogP contribution in [0.4, 0.5) is 0 Å². The summed E-state index contributed by atoms with van der Waals surface area (Å²) in [5.41, 5.74) is 5.32. The summed E-state index contributed by atoms with van der Waals surface area (Å²) in [6, 6.07) is 0. The van der Waals surface area contributed by atoms with Gasteiger partial charge in [-0.2, -0.15) is 0 Å². The zero-order valence-corrected chi connectivity index (χ0v) is 30.0. The number of hydrogen-bond acceptors (Lipinski definition) is 8. The van der Waals surface area contributed by atoms with E-state index in [0.717, 1.165) is 32.1 Å². The minimum Gasteiger partial charge on any atom is -0.462 e. The smallest absolute Gasteiger partial charge is 0.462 e. The zero-order chi connectivity index (χ0) is 33.3. The minimum atomic E-state index is -4.36. The molecule has 0 bridgehead atoms. The van der Waals surface area contributed by atoms with Gasteiger partial charge in [-0.05, 0) is 12.8 Å². The molecule has 9 nitrogen and oxygen atoms in total. The van der Waals surface area contributed by atoms with Crippen LogP contribution in [0.15, 0.2) is 0 Å². The SMILES string of the molecule is CCCCCCCCCCCCCCCCCCCC(=O)O[C@H](COC(=O)CCCCCCCCC)COP(=O)(O)OCCN. The number of esters is 2. The van der Waals surface area contributed by atoms with Gasteiger partial charge in [-0.3, -0.25) is 18.6 Å². The predicted molar refractivity (Wildman–Crippen MR) is 183 cm³/mol. The van der Waals surface area contributed by atoms with Crippen LogP contribution in [-0.4, -0.2) is 49.3 Å². The van der Waals surface area contributed by atoms with Gasteiger partial charge in [-0.15, -0.1) is 0 Å². The molecule has 0 aliphatic rings. The second-order valence-corrected chi connectivity index (χ2v) is 13.9. The van der Waals surface area contributed by atoms with Crippen molar-refractivity contribution < 1.29 is 37.6 Å². The van der Waals surface area contributed by atoms with Crippen LogP contribution < -0.4 is 5.73 Å². The van der Waals surface area contributed by atoms with Crippen LogP contribution in [0.3, 0.4) is 0 Å². The Morgan fingerprint density at radius 2 is 0.956 bits per heavy atom. The molecule has 0 amide bonds. The summed E-state index contributed by atoms with van der Waals surface area (Å²) < 4.78 is 32.5. The van der Waals surface area contributed by atoms with Crippen LogP contribution in [0.25, 0.3) is 0 Å². The van der Waals surface area contributed by atoms with E-state index < -0.39 is 26.5 Å². The van der Waals surface area contributed by atoms with Crippen LogP contribution in [0.2, 0.25) is 0 Å².